The number of carbonyl (C=O) groups excluding carboxylic acids is 2. The molecule has 0 unspecified atom stereocenters. The number of nitrogens with one attached hydrogen (secondary N) is 2. The zero-order valence-electron chi connectivity index (χ0n) is 11.4. The van der Waals surface area contributed by atoms with Crippen LogP contribution in [0.25, 0.3) is 0 Å². The van der Waals surface area contributed by atoms with Gasteiger partial charge in [-0.3, -0.25) is 9.59 Å². The van der Waals surface area contributed by atoms with E-state index in [1.54, 1.807) is 30.4 Å². The maximum atomic E-state index is 12.1. The van der Waals surface area contributed by atoms with E-state index in [1.807, 2.05) is 0 Å². The largest absolute Gasteiger partial charge is 0.321 e. The third-order valence-corrected chi connectivity index (χ3v) is 2.84. The summed E-state index contributed by atoms with van der Waals surface area (Å²) in [6, 6.07) is 1.73. The average molecular weight is 281 g/mol. The van der Waals surface area contributed by atoms with Gasteiger partial charge in [-0.25, -0.2) is 4.98 Å². The Balaban J connectivity index is 2.12. The van der Waals surface area contributed by atoms with Gasteiger partial charge in [-0.1, -0.05) is 37.5 Å². The SMILES string of the molecule is C=C/C=C\C=C(/C=C)C(=O)Nc1cnc2c(c1)CC(=O)N2. The van der Waals surface area contributed by atoms with Crippen LogP contribution >= 0.6 is 0 Å². The zero-order valence-corrected chi connectivity index (χ0v) is 11.4. The molecule has 2 rings (SSSR count). The molecule has 1 aromatic rings. The fourth-order valence-corrected chi connectivity index (χ4v) is 1.85. The second kappa shape index (κ2) is 6.47. The molecule has 1 aliphatic rings. The first-order valence-corrected chi connectivity index (χ1v) is 6.36. The molecule has 0 atom stereocenters. The minimum atomic E-state index is -0.294. The predicted octanol–water partition coefficient (Wildman–Crippen LogP) is 2.37. The molecule has 0 saturated carbocycles. The van der Waals surface area contributed by atoms with Crippen LogP contribution in [-0.2, 0) is 16.0 Å². The van der Waals surface area contributed by atoms with Gasteiger partial charge in [0.25, 0.3) is 5.91 Å². The molecule has 0 aliphatic carbocycles. The summed E-state index contributed by atoms with van der Waals surface area (Å²) in [6.07, 6.45) is 9.91. The highest BCUT2D eigenvalue weighted by molar-refractivity contribution is 6.06. The van der Waals surface area contributed by atoms with Gasteiger partial charge in [0.05, 0.1) is 18.3 Å². The summed E-state index contributed by atoms with van der Waals surface area (Å²) in [5.41, 5.74) is 1.73. The van der Waals surface area contributed by atoms with E-state index in [0.29, 0.717) is 17.1 Å². The lowest BCUT2D eigenvalue weighted by molar-refractivity contribution is -0.115. The molecule has 0 radical (unpaired) electrons. The van der Waals surface area contributed by atoms with Crippen LogP contribution in [-0.4, -0.2) is 16.8 Å². The number of allylic oxidation sites excluding steroid dienone is 4. The summed E-state index contributed by atoms with van der Waals surface area (Å²) in [7, 11) is 0. The van der Waals surface area contributed by atoms with Gasteiger partial charge < -0.3 is 10.6 Å². The zero-order chi connectivity index (χ0) is 15.2. The molecule has 0 fully saturated rings. The molecule has 2 heterocycles. The van der Waals surface area contributed by atoms with Crippen molar-refractivity contribution in [1.29, 1.82) is 0 Å². The molecule has 21 heavy (non-hydrogen) atoms. The Bertz CT molecular complexity index is 672. The summed E-state index contributed by atoms with van der Waals surface area (Å²) < 4.78 is 0. The molecule has 2 amide bonds. The second-order valence-corrected chi connectivity index (χ2v) is 4.36. The van der Waals surface area contributed by atoms with E-state index in [4.69, 9.17) is 0 Å². The van der Waals surface area contributed by atoms with E-state index < -0.39 is 0 Å². The van der Waals surface area contributed by atoms with Crippen molar-refractivity contribution in [1.82, 2.24) is 4.98 Å². The second-order valence-electron chi connectivity index (χ2n) is 4.36. The van der Waals surface area contributed by atoms with Crippen LogP contribution in [0.3, 0.4) is 0 Å². The van der Waals surface area contributed by atoms with Crippen molar-refractivity contribution in [2.75, 3.05) is 10.6 Å². The number of amides is 2. The molecule has 2 N–H and O–H groups in total. The van der Waals surface area contributed by atoms with Gasteiger partial charge >= 0.3 is 0 Å². The first-order valence-electron chi connectivity index (χ1n) is 6.36. The molecular formula is C16H15N3O2. The van der Waals surface area contributed by atoms with Crippen LogP contribution in [0.2, 0.25) is 0 Å². The number of hydrogen-bond donors (Lipinski definition) is 2. The van der Waals surface area contributed by atoms with Gasteiger partial charge in [0, 0.05) is 11.1 Å². The molecule has 1 aromatic heterocycles. The number of pyridine rings is 1. The topological polar surface area (TPSA) is 71.1 Å². The molecular weight excluding hydrogens is 266 g/mol. The van der Waals surface area contributed by atoms with Crippen molar-refractivity contribution in [2.45, 2.75) is 6.42 Å². The Morgan fingerprint density at radius 2 is 2.19 bits per heavy atom. The maximum absolute atomic E-state index is 12.1. The van der Waals surface area contributed by atoms with Crippen LogP contribution in [0.15, 0.2) is 61.4 Å². The molecule has 0 bridgehead atoms. The van der Waals surface area contributed by atoms with Crippen LogP contribution in [0, 0.1) is 0 Å². The average Bonchev–Trinajstić information content (AvgIpc) is 2.83. The molecule has 106 valence electrons. The summed E-state index contributed by atoms with van der Waals surface area (Å²) in [5, 5.41) is 5.36. The van der Waals surface area contributed by atoms with Crippen molar-refractivity contribution in [3.63, 3.8) is 0 Å². The Kier molecular flexibility index (Phi) is 4.46. The van der Waals surface area contributed by atoms with Crippen molar-refractivity contribution < 1.29 is 9.59 Å². The van der Waals surface area contributed by atoms with Crippen LogP contribution in [0.1, 0.15) is 5.56 Å². The standard InChI is InChI=1S/C16H15N3O2/c1-3-5-6-7-11(4-2)16(21)18-13-8-12-9-14(20)19-15(12)17-10-13/h3-8,10H,1-2,9H2,(H,18,21)(H,17,19,20)/b6-5-,11-7+. The van der Waals surface area contributed by atoms with Crippen molar-refractivity contribution in [3.05, 3.63) is 66.9 Å². The van der Waals surface area contributed by atoms with Gasteiger partial charge in [0.2, 0.25) is 5.91 Å². The molecule has 5 nitrogen and oxygen atoms in total. The third kappa shape index (κ3) is 3.54. The monoisotopic (exact) mass is 281 g/mol. The number of nitrogens with zero attached hydrogens (tertiary/aromatic N) is 1. The Labute approximate surface area is 122 Å². The van der Waals surface area contributed by atoms with E-state index in [-0.39, 0.29) is 18.2 Å². The fraction of sp³-hybridized carbons (Fsp3) is 0.0625. The lowest BCUT2D eigenvalue weighted by Gasteiger charge is -2.06. The van der Waals surface area contributed by atoms with Gasteiger partial charge in [-0.05, 0) is 12.1 Å². The predicted molar refractivity (Wildman–Crippen MR) is 82.8 cm³/mol. The molecule has 5 heteroatoms. The smallest absolute Gasteiger partial charge is 0.255 e. The highest BCUT2D eigenvalue weighted by Gasteiger charge is 2.19. The van der Waals surface area contributed by atoms with Crippen molar-refractivity contribution in [2.24, 2.45) is 0 Å². The summed E-state index contributed by atoms with van der Waals surface area (Å²) in [6.45, 7) is 7.16. The maximum Gasteiger partial charge on any atom is 0.255 e. The van der Waals surface area contributed by atoms with Crippen LogP contribution in [0.4, 0.5) is 11.5 Å². The van der Waals surface area contributed by atoms with Gasteiger partial charge in [0.15, 0.2) is 0 Å². The number of hydrogen-bond acceptors (Lipinski definition) is 3. The lowest BCUT2D eigenvalue weighted by Crippen LogP contribution is -2.13. The number of carbonyl (C=O) groups is 2. The number of anilines is 2. The third-order valence-electron chi connectivity index (χ3n) is 2.84. The highest BCUT2D eigenvalue weighted by atomic mass is 16.2. The van der Waals surface area contributed by atoms with Gasteiger partial charge in [0.1, 0.15) is 5.82 Å². The molecule has 0 saturated heterocycles. The summed E-state index contributed by atoms with van der Waals surface area (Å²) >= 11 is 0. The van der Waals surface area contributed by atoms with Crippen LogP contribution < -0.4 is 10.6 Å². The van der Waals surface area contributed by atoms with E-state index in [1.165, 1.54) is 12.3 Å². The van der Waals surface area contributed by atoms with E-state index in [0.717, 1.165) is 5.56 Å². The Morgan fingerprint density at radius 3 is 2.90 bits per heavy atom. The van der Waals surface area contributed by atoms with Crippen molar-refractivity contribution in [3.8, 4) is 0 Å². The number of rotatable bonds is 5. The van der Waals surface area contributed by atoms with E-state index in [2.05, 4.69) is 28.8 Å². The Morgan fingerprint density at radius 1 is 1.38 bits per heavy atom. The number of aromatic nitrogens is 1. The van der Waals surface area contributed by atoms with E-state index in [9.17, 15) is 9.59 Å². The summed E-state index contributed by atoms with van der Waals surface area (Å²) in [4.78, 5) is 27.4. The minimum Gasteiger partial charge on any atom is -0.321 e. The van der Waals surface area contributed by atoms with E-state index >= 15 is 0 Å². The fourth-order valence-electron chi connectivity index (χ4n) is 1.85. The van der Waals surface area contributed by atoms with Gasteiger partial charge in [-0.2, -0.15) is 0 Å². The normalized spacial score (nSPS) is 13.7. The summed E-state index contributed by atoms with van der Waals surface area (Å²) in [5.74, 6) is 0.159. The first kappa shape index (κ1) is 14.5. The van der Waals surface area contributed by atoms with Crippen molar-refractivity contribution >= 4 is 23.3 Å². The first-order chi connectivity index (χ1) is 10.1. The molecule has 1 aliphatic heterocycles. The highest BCUT2D eigenvalue weighted by Crippen LogP contribution is 2.23. The van der Waals surface area contributed by atoms with Gasteiger partial charge in [-0.15, -0.1) is 0 Å². The molecule has 0 spiro atoms. The van der Waals surface area contributed by atoms with Crippen LogP contribution in [0.5, 0.6) is 0 Å². The Hall–Kier alpha value is -2.95. The lowest BCUT2D eigenvalue weighted by atomic mass is 10.2. The molecule has 0 aromatic carbocycles. The quantitative estimate of drug-likeness (QED) is 0.643. The minimum absolute atomic E-state index is 0.0952. The number of fused-ring (bicyclic) bond motifs is 1.